The molecular formula is C24H23FN4O3. The van der Waals surface area contributed by atoms with E-state index in [0.717, 1.165) is 16.9 Å². The summed E-state index contributed by atoms with van der Waals surface area (Å²) in [5, 5.41) is 7.64. The molecule has 4 aromatic rings. The highest BCUT2D eigenvalue weighted by Gasteiger charge is 2.04. The van der Waals surface area contributed by atoms with Gasteiger partial charge >= 0.3 is 0 Å². The third kappa shape index (κ3) is 6.12. The number of aryl methyl sites for hydroxylation is 1. The van der Waals surface area contributed by atoms with E-state index in [9.17, 15) is 4.39 Å². The van der Waals surface area contributed by atoms with Crippen LogP contribution in [0.3, 0.4) is 0 Å². The van der Waals surface area contributed by atoms with Crippen molar-refractivity contribution in [2.24, 2.45) is 0 Å². The Hall–Kier alpha value is -3.78. The molecule has 0 atom stereocenters. The summed E-state index contributed by atoms with van der Waals surface area (Å²) < 4.78 is 32.5. The maximum atomic E-state index is 13.9. The van der Waals surface area contributed by atoms with Crippen LogP contribution >= 0.6 is 0 Å². The normalized spacial score (nSPS) is 11.3. The third-order valence-electron chi connectivity index (χ3n) is 4.65. The number of oxazole rings is 1. The van der Waals surface area contributed by atoms with Crippen molar-refractivity contribution in [1.82, 2.24) is 20.0 Å². The second-order valence-corrected chi connectivity index (χ2v) is 7.19. The van der Waals surface area contributed by atoms with Crippen LogP contribution in [0, 0.1) is 12.7 Å². The smallest absolute Gasteiger partial charge is 0.218 e. The van der Waals surface area contributed by atoms with Crippen molar-refractivity contribution in [2.45, 2.75) is 26.7 Å². The molecule has 2 heterocycles. The predicted octanol–water partition coefficient (Wildman–Crippen LogP) is 4.68. The number of nitrogens with zero attached hydrogens (tertiary/aromatic N) is 4. The first kappa shape index (κ1) is 21.5. The molecule has 0 amide bonds. The average Bonchev–Trinajstić information content (AvgIpc) is 3.48. The highest BCUT2D eigenvalue weighted by atomic mass is 19.1. The Morgan fingerprint density at radius 1 is 1.09 bits per heavy atom. The molecule has 32 heavy (non-hydrogen) atoms. The summed E-state index contributed by atoms with van der Waals surface area (Å²) in [5.74, 6) is 0.834. The van der Waals surface area contributed by atoms with Crippen molar-refractivity contribution in [3.63, 3.8) is 0 Å². The fraction of sp³-hybridized carbons (Fsp3) is 0.208. The van der Waals surface area contributed by atoms with E-state index in [-0.39, 0.29) is 12.4 Å². The van der Waals surface area contributed by atoms with E-state index in [1.807, 2.05) is 37.3 Å². The molecule has 2 aromatic heterocycles. The molecule has 0 saturated heterocycles. The lowest BCUT2D eigenvalue weighted by atomic mass is 10.1. The van der Waals surface area contributed by atoms with Crippen LogP contribution in [0.4, 0.5) is 4.39 Å². The van der Waals surface area contributed by atoms with Crippen LogP contribution in [0.2, 0.25) is 0 Å². The molecule has 7 nitrogen and oxygen atoms in total. The molecule has 4 rings (SSSR count). The SMILES string of the molecule is Cc1ccc(/C=C/c2nc(COc3ccc(COCCn4ccnn4)cc3)co2)c(F)c1. The van der Waals surface area contributed by atoms with Crippen LogP contribution in [0.5, 0.6) is 5.75 Å². The van der Waals surface area contributed by atoms with E-state index in [2.05, 4.69) is 15.3 Å². The highest BCUT2D eigenvalue weighted by molar-refractivity contribution is 5.66. The number of hydrogen-bond donors (Lipinski definition) is 0. The van der Waals surface area contributed by atoms with Gasteiger partial charge in [-0.3, -0.25) is 4.68 Å². The summed E-state index contributed by atoms with van der Waals surface area (Å²) in [6.45, 7) is 3.84. The molecule has 164 valence electrons. The van der Waals surface area contributed by atoms with Gasteiger partial charge in [-0.05, 0) is 42.3 Å². The molecule has 0 radical (unpaired) electrons. The lowest BCUT2D eigenvalue weighted by molar-refractivity contribution is 0.110. The van der Waals surface area contributed by atoms with Crippen molar-refractivity contribution in [3.8, 4) is 5.75 Å². The number of aromatic nitrogens is 4. The largest absolute Gasteiger partial charge is 0.487 e. The zero-order valence-corrected chi connectivity index (χ0v) is 17.6. The van der Waals surface area contributed by atoms with Gasteiger partial charge in [-0.25, -0.2) is 9.37 Å². The van der Waals surface area contributed by atoms with E-state index in [1.165, 1.54) is 12.3 Å². The Balaban J connectivity index is 1.22. The van der Waals surface area contributed by atoms with Gasteiger partial charge in [0.25, 0.3) is 0 Å². The van der Waals surface area contributed by atoms with Gasteiger partial charge in [-0.1, -0.05) is 29.5 Å². The Bertz CT molecular complexity index is 1150. The molecule has 0 N–H and O–H groups in total. The second kappa shape index (κ2) is 10.5. The summed E-state index contributed by atoms with van der Waals surface area (Å²) >= 11 is 0. The first-order valence-corrected chi connectivity index (χ1v) is 10.2. The van der Waals surface area contributed by atoms with Crippen molar-refractivity contribution in [3.05, 3.63) is 95.2 Å². The number of halogens is 1. The van der Waals surface area contributed by atoms with Gasteiger partial charge in [0.05, 0.1) is 26.0 Å². The Kier molecular flexibility index (Phi) is 7.04. The lowest BCUT2D eigenvalue weighted by Gasteiger charge is -2.07. The molecule has 8 heteroatoms. The molecule has 0 aliphatic heterocycles. The maximum absolute atomic E-state index is 13.9. The average molecular weight is 434 g/mol. The highest BCUT2D eigenvalue weighted by Crippen LogP contribution is 2.16. The number of rotatable bonds is 10. The van der Waals surface area contributed by atoms with E-state index < -0.39 is 0 Å². The first-order valence-electron chi connectivity index (χ1n) is 10.2. The summed E-state index contributed by atoms with van der Waals surface area (Å²) in [6, 6.07) is 12.8. The van der Waals surface area contributed by atoms with E-state index >= 15 is 0 Å². The molecule has 0 aliphatic rings. The van der Waals surface area contributed by atoms with Crippen molar-refractivity contribution < 1.29 is 18.3 Å². The lowest BCUT2D eigenvalue weighted by Crippen LogP contribution is -2.06. The van der Waals surface area contributed by atoms with Gasteiger partial charge < -0.3 is 13.9 Å². The zero-order valence-electron chi connectivity index (χ0n) is 17.6. The minimum absolute atomic E-state index is 0.268. The van der Waals surface area contributed by atoms with E-state index in [4.69, 9.17) is 13.9 Å². The van der Waals surface area contributed by atoms with Crippen molar-refractivity contribution in [2.75, 3.05) is 6.61 Å². The predicted molar refractivity (Wildman–Crippen MR) is 117 cm³/mol. The second-order valence-electron chi connectivity index (χ2n) is 7.19. The molecular weight excluding hydrogens is 411 g/mol. The van der Waals surface area contributed by atoms with Gasteiger partial charge in [0, 0.05) is 17.8 Å². The van der Waals surface area contributed by atoms with Gasteiger partial charge in [-0.15, -0.1) is 5.10 Å². The fourth-order valence-corrected chi connectivity index (χ4v) is 2.93. The monoisotopic (exact) mass is 434 g/mol. The maximum Gasteiger partial charge on any atom is 0.218 e. The first-order chi connectivity index (χ1) is 15.7. The van der Waals surface area contributed by atoms with Crippen LogP contribution < -0.4 is 4.74 Å². The van der Waals surface area contributed by atoms with Crippen LogP contribution in [0.1, 0.15) is 28.3 Å². The number of ether oxygens (including phenoxy) is 2. The molecule has 0 spiro atoms. The molecule has 0 bridgehead atoms. The topological polar surface area (TPSA) is 75.2 Å². The van der Waals surface area contributed by atoms with Crippen molar-refractivity contribution in [1.29, 1.82) is 0 Å². The Morgan fingerprint density at radius 3 is 2.75 bits per heavy atom. The van der Waals surface area contributed by atoms with Gasteiger partial charge in [0.1, 0.15) is 30.1 Å². The van der Waals surface area contributed by atoms with Crippen LogP contribution in [-0.2, 0) is 24.5 Å². The minimum Gasteiger partial charge on any atom is -0.487 e. The van der Waals surface area contributed by atoms with Crippen LogP contribution in [0.15, 0.2) is 65.5 Å². The summed E-state index contributed by atoms with van der Waals surface area (Å²) in [7, 11) is 0. The fourth-order valence-electron chi connectivity index (χ4n) is 2.93. The standard InChI is InChI=1S/C24H23FN4O3/c1-18-2-5-20(23(25)14-18)6-9-24-27-21(17-32-24)16-31-22-7-3-19(4-8-22)15-30-13-12-29-11-10-26-28-29/h2-11,14,17H,12-13,15-16H2,1H3/b9-6+. The van der Waals surface area contributed by atoms with Gasteiger partial charge in [0.2, 0.25) is 5.89 Å². The molecule has 0 fully saturated rings. The molecule has 0 aliphatic carbocycles. The van der Waals surface area contributed by atoms with E-state index in [1.54, 1.807) is 35.3 Å². The van der Waals surface area contributed by atoms with Crippen LogP contribution in [0.25, 0.3) is 12.2 Å². The Morgan fingerprint density at radius 2 is 1.97 bits per heavy atom. The quantitative estimate of drug-likeness (QED) is 0.338. The summed E-state index contributed by atoms with van der Waals surface area (Å²) in [5.41, 5.74) is 3.05. The number of benzene rings is 2. The third-order valence-corrected chi connectivity index (χ3v) is 4.65. The summed E-state index contributed by atoms with van der Waals surface area (Å²) in [6.07, 6.45) is 8.24. The number of hydrogen-bond acceptors (Lipinski definition) is 6. The molecule has 0 saturated carbocycles. The van der Waals surface area contributed by atoms with Crippen molar-refractivity contribution >= 4 is 12.2 Å². The van der Waals surface area contributed by atoms with Gasteiger partial charge in [-0.2, -0.15) is 0 Å². The van der Waals surface area contributed by atoms with Gasteiger partial charge in [0.15, 0.2) is 0 Å². The van der Waals surface area contributed by atoms with E-state index in [0.29, 0.717) is 36.9 Å². The zero-order chi connectivity index (χ0) is 22.2. The molecule has 2 aromatic carbocycles. The minimum atomic E-state index is -0.277. The van der Waals surface area contributed by atoms with Crippen LogP contribution in [-0.4, -0.2) is 26.6 Å². The summed E-state index contributed by atoms with van der Waals surface area (Å²) in [4.78, 5) is 4.34. The Labute approximate surface area is 185 Å². The molecule has 0 unspecified atom stereocenters.